The number of carbonyl (C=O) groups is 2. The summed E-state index contributed by atoms with van der Waals surface area (Å²) in [6, 6.07) is 9.07. The smallest absolute Gasteiger partial charge is 0.325 e. The molecule has 1 fully saturated rings. The normalized spacial score (nSPS) is 13.4. The van der Waals surface area contributed by atoms with Crippen LogP contribution in [0.1, 0.15) is 34.8 Å². The van der Waals surface area contributed by atoms with Crippen molar-refractivity contribution in [3.8, 4) is 17.0 Å². The van der Waals surface area contributed by atoms with Crippen LogP contribution in [0.4, 0.5) is 0 Å². The number of esters is 1. The lowest BCUT2D eigenvalue weighted by Crippen LogP contribution is -2.30. The van der Waals surface area contributed by atoms with Gasteiger partial charge in [0.2, 0.25) is 0 Å². The van der Waals surface area contributed by atoms with Gasteiger partial charge in [-0.05, 0) is 31.0 Å². The van der Waals surface area contributed by atoms with Gasteiger partial charge in [0.1, 0.15) is 18.0 Å². The molecule has 0 aliphatic heterocycles. The number of pyridine rings is 1. The monoisotopic (exact) mass is 381 g/mol. The molecule has 1 aromatic carbocycles. The molecule has 0 saturated heterocycles. The number of hydrogen-bond donors (Lipinski definition) is 1. The highest BCUT2D eigenvalue weighted by atomic mass is 16.5. The lowest BCUT2D eigenvalue weighted by Gasteiger charge is -2.08. The zero-order valence-electron chi connectivity index (χ0n) is 15.5. The van der Waals surface area contributed by atoms with Crippen molar-refractivity contribution < 1.29 is 23.6 Å². The molecule has 4 rings (SSSR count). The van der Waals surface area contributed by atoms with E-state index in [1.807, 2.05) is 24.3 Å². The number of ether oxygens (including phenoxy) is 2. The minimum absolute atomic E-state index is 0.225. The Bertz CT molecular complexity index is 1060. The molecule has 0 spiro atoms. The summed E-state index contributed by atoms with van der Waals surface area (Å²) in [5.41, 5.74) is 2.69. The van der Waals surface area contributed by atoms with Crippen LogP contribution in [0, 0.1) is 0 Å². The molecule has 28 heavy (non-hydrogen) atoms. The Balaban J connectivity index is 1.81. The molecule has 0 unspecified atom stereocenters. The van der Waals surface area contributed by atoms with Gasteiger partial charge in [0.15, 0.2) is 0 Å². The predicted molar refractivity (Wildman–Crippen MR) is 100 cm³/mol. The van der Waals surface area contributed by atoms with Gasteiger partial charge in [-0.3, -0.25) is 9.59 Å². The van der Waals surface area contributed by atoms with Crippen molar-refractivity contribution in [2.24, 2.45) is 0 Å². The zero-order chi connectivity index (χ0) is 19.7. The lowest BCUT2D eigenvalue weighted by atomic mass is 10.0. The van der Waals surface area contributed by atoms with Crippen LogP contribution in [0.2, 0.25) is 0 Å². The lowest BCUT2D eigenvalue weighted by molar-refractivity contribution is -0.139. The van der Waals surface area contributed by atoms with E-state index < -0.39 is 11.9 Å². The maximum atomic E-state index is 12.8. The molecule has 1 N–H and O–H groups in total. The molecular weight excluding hydrogens is 362 g/mol. The van der Waals surface area contributed by atoms with E-state index in [0.29, 0.717) is 34.0 Å². The van der Waals surface area contributed by atoms with Gasteiger partial charge in [-0.2, -0.15) is 0 Å². The molecule has 0 atom stereocenters. The third-order valence-electron chi connectivity index (χ3n) is 4.67. The van der Waals surface area contributed by atoms with E-state index in [2.05, 4.69) is 20.2 Å². The molecule has 8 nitrogen and oxygen atoms in total. The fourth-order valence-corrected chi connectivity index (χ4v) is 3.02. The Morgan fingerprint density at radius 3 is 2.79 bits per heavy atom. The van der Waals surface area contributed by atoms with Crippen LogP contribution in [0.5, 0.6) is 5.75 Å². The second-order valence-corrected chi connectivity index (χ2v) is 6.57. The van der Waals surface area contributed by atoms with E-state index in [-0.39, 0.29) is 6.54 Å². The van der Waals surface area contributed by atoms with Gasteiger partial charge in [0.25, 0.3) is 11.6 Å². The Kier molecular flexibility index (Phi) is 4.68. The molecule has 1 amide bonds. The van der Waals surface area contributed by atoms with Crippen LogP contribution in [-0.4, -0.2) is 42.8 Å². The highest BCUT2D eigenvalue weighted by molar-refractivity contribution is 6.10. The van der Waals surface area contributed by atoms with E-state index >= 15 is 0 Å². The number of fused-ring (bicyclic) bond motifs is 1. The number of hydrogen-bond acceptors (Lipinski definition) is 7. The summed E-state index contributed by atoms with van der Waals surface area (Å²) in [5.74, 6) is 0.0429. The molecule has 1 saturated carbocycles. The summed E-state index contributed by atoms with van der Waals surface area (Å²) in [7, 11) is 2.85. The first kappa shape index (κ1) is 18.0. The second-order valence-electron chi connectivity index (χ2n) is 6.57. The van der Waals surface area contributed by atoms with Crippen LogP contribution < -0.4 is 10.1 Å². The van der Waals surface area contributed by atoms with Crippen LogP contribution >= 0.6 is 0 Å². The van der Waals surface area contributed by atoms with Crippen molar-refractivity contribution >= 4 is 23.0 Å². The quantitative estimate of drug-likeness (QED) is 0.655. The molecule has 8 heteroatoms. The van der Waals surface area contributed by atoms with Gasteiger partial charge >= 0.3 is 5.97 Å². The number of benzene rings is 1. The SMILES string of the molecule is COC(=O)CNC(=O)c1cc(C2CC2)nc2onc(-c3cccc(OC)c3)c12. The Morgan fingerprint density at radius 2 is 2.07 bits per heavy atom. The van der Waals surface area contributed by atoms with Crippen molar-refractivity contribution in [2.45, 2.75) is 18.8 Å². The summed E-state index contributed by atoms with van der Waals surface area (Å²) in [4.78, 5) is 28.8. The van der Waals surface area contributed by atoms with E-state index in [0.717, 1.165) is 24.1 Å². The van der Waals surface area contributed by atoms with Crippen molar-refractivity contribution in [2.75, 3.05) is 20.8 Å². The highest BCUT2D eigenvalue weighted by Crippen LogP contribution is 2.41. The van der Waals surface area contributed by atoms with Gasteiger partial charge < -0.3 is 19.3 Å². The molecule has 2 heterocycles. The molecule has 0 radical (unpaired) electrons. The van der Waals surface area contributed by atoms with Crippen molar-refractivity contribution in [3.05, 3.63) is 41.6 Å². The summed E-state index contributed by atoms with van der Waals surface area (Å²) < 4.78 is 15.3. The Labute approximate surface area is 160 Å². The van der Waals surface area contributed by atoms with E-state index in [9.17, 15) is 9.59 Å². The maximum Gasteiger partial charge on any atom is 0.325 e. The van der Waals surface area contributed by atoms with Gasteiger partial charge in [-0.25, -0.2) is 4.98 Å². The van der Waals surface area contributed by atoms with Crippen molar-refractivity contribution in [1.82, 2.24) is 15.5 Å². The number of rotatable bonds is 6. The summed E-state index contributed by atoms with van der Waals surface area (Å²) in [6.45, 7) is -0.225. The minimum atomic E-state index is -0.528. The summed E-state index contributed by atoms with van der Waals surface area (Å²) in [5, 5.41) is 7.24. The molecule has 0 bridgehead atoms. The summed E-state index contributed by atoms with van der Waals surface area (Å²) in [6.07, 6.45) is 2.05. The summed E-state index contributed by atoms with van der Waals surface area (Å²) >= 11 is 0. The number of nitrogens with one attached hydrogen (secondary N) is 1. The zero-order valence-corrected chi connectivity index (χ0v) is 15.5. The van der Waals surface area contributed by atoms with Crippen molar-refractivity contribution in [3.63, 3.8) is 0 Å². The van der Waals surface area contributed by atoms with E-state index in [1.165, 1.54) is 7.11 Å². The largest absolute Gasteiger partial charge is 0.497 e. The predicted octanol–water partition coefficient (Wildman–Crippen LogP) is 2.68. The van der Waals surface area contributed by atoms with Crippen LogP contribution in [0.25, 0.3) is 22.4 Å². The first-order valence-corrected chi connectivity index (χ1v) is 8.90. The topological polar surface area (TPSA) is 104 Å². The standard InChI is InChI=1S/C20H19N3O5/c1-26-13-5-3-4-12(8-13)18-17-14(19(25)21-10-16(24)27-2)9-15(11-6-7-11)22-20(17)28-23-18/h3-5,8-9,11H,6-7,10H2,1-2H3,(H,21,25). The molecule has 2 aromatic heterocycles. The van der Waals surface area contributed by atoms with Crippen LogP contribution in [-0.2, 0) is 9.53 Å². The maximum absolute atomic E-state index is 12.8. The number of aromatic nitrogens is 2. The van der Waals surface area contributed by atoms with Crippen LogP contribution in [0.3, 0.4) is 0 Å². The molecular formula is C20H19N3O5. The van der Waals surface area contributed by atoms with Gasteiger partial charge in [0.05, 0.1) is 25.2 Å². The average Bonchev–Trinajstić information content (AvgIpc) is 3.50. The van der Waals surface area contributed by atoms with Crippen molar-refractivity contribution in [1.29, 1.82) is 0 Å². The fourth-order valence-electron chi connectivity index (χ4n) is 3.02. The number of methoxy groups -OCH3 is 2. The van der Waals surface area contributed by atoms with E-state index in [4.69, 9.17) is 9.26 Å². The first-order chi connectivity index (χ1) is 13.6. The third-order valence-corrected chi connectivity index (χ3v) is 4.67. The average molecular weight is 381 g/mol. The van der Waals surface area contributed by atoms with Gasteiger partial charge in [-0.15, -0.1) is 0 Å². The number of carbonyl (C=O) groups excluding carboxylic acids is 2. The number of amides is 1. The van der Waals surface area contributed by atoms with Crippen LogP contribution in [0.15, 0.2) is 34.9 Å². The van der Waals surface area contributed by atoms with Gasteiger partial charge in [-0.1, -0.05) is 17.3 Å². The fraction of sp³-hybridized carbons (Fsp3) is 0.300. The van der Waals surface area contributed by atoms with E-state index in [1.54, 1.807) is 13.2 Å². The first-order valence-electron chi connectivity index (χ1n) is 8.90. The second kappa shape index (κ2) is 7.30. The molecule has 3 aromatic rings. The number of nitrogens with zero attached hydrogens (tertiary/aromatic N) is 2. The molecule has 1 aliphatic rings. The Morgan fingerprint density at radius 1 is 1.25 bits per heavy atom. The van der Waals surface area contributed by atoms with Gasteiger partial charge in [0, 0.05) is 17.2 Å². The highest BCUT2D eigenvalue weighted by Gasteiger charge is 2.29. The molecule has 1 aliphatic carbocycles. The minimum Gasteiger partial charge on any atom is -0.497 e. The third kappa shape index (κ3) is 3.40. The Hall–Kier alpha value is -3.42. The molecule has 144 valence electrons.